The van der Waals surface area contributed by atoms with Gasteiger partial charge in [-0.1, -0.05) is 42.0 Å². The topological polar surface area (TPSA) is 86.8 Å². The maximum absolute atomic E-state index is 14.4. The Morgan fingerprint density at radius 3 is 2.62 bits per heavy atom. The molecule has 0 radical (unpaired) electrons. The maximum Gasteiger partial charge on any atom is 0.317 e. The van der Waals surface area contributed by atoms with E-state index in [0.29, 0.717) is 23.5 Å². The Hall–Kier alpha value is -4.65. The van der Waals surface area contributed by atoms with Crippen molar-refractivity contribution in [2.24, 2.45) is 5.92 Å². The van der Waals surface area contributed by atoms with E-state index < -0.39 is 17.8 Å². The van der Waals surface area contributed by atoms with Crippen molar-refractivity contribution in [1.29, 1.82) is 0 Å². The van der Waals surface area contributed by atoms with Crippen LogP contribution in [0.25, 0.3) is 10.9 Å². The number of anilines is 1. The normalized spacial score (nSPS) is 21.3. The van der Waals surface area contributed by atoms with Crippen molar-refractivity contribution in [3.63, 3.8) is 0 Å². The van der Waals surface area contributed by atoms with E-state index >= 15 is 0 Å². The lowest BCUT2D eigenvalue weighted by molar-refractivity contribution is -0.149. The van der Waals surface area contributed by atoms with Crippen LogP contribution >= 0.6 is 0 Å². The number of ether oxygens (including phenoxy) is 3. The standard InChI is InChI=1S/C32H26N2O5/c1-17-5-7-18(8-6-17)27-21-10-11-23-20(4-3-13-33-23)30(21)34-24-15-22(28(32(36)37-2)31(35)29(24)27)19-9-12-25-26(14-19)39-16-38-25/h3-14,22,27-28,34H,15-16H2,1-2H3. The molecular weight excluding hydrogens is 492 g/mol. The monoisotopic (exact) mass is 518 g/mol. The highest BCUT2D eigenvalue weighted by Gasteiger charge is 2.48. The number of carbonyl (C=O) groups is 2. The summed E-state index contributed by atoms with van der Waals surface area (Å²) >= 11 is 0. The van der Waals surface area contributed by atoms with Crippen molar-refractivity contribution < 1.29 is 23.8 Å². The first-order chi connectivity index (χ1) is 19.0. The number of hydrogen-bond donors (Lipinski definition) is 1. The molecule has 1 N–H and O–H groups in total. The largest absolute Gasteiger partial charge is 0.468 e. The molecule has 0 fully saturated rings. The molecule has 0 amide bonds. The summed E-state index contributed by atoms with van der Waals surface area (Å²) in [7, 11) is 1.33. The molecule has 2 aliphatic heterocycles. The minimum Gasteiger partial charge on any atom is -0.468 e. The number of pyridine rings is 1. The molecule has 1 aliphatic carbocycles. The van der Waals surface area contributed by atoms with Crippen LogP contribution in [0.5, 0.6) is 11.5 Å². The molecule has 3 aliphatic rings. The van der Waals surface area contributed by atoms with Gasteiger partial charge in [-0.15, -0.1) is 0 Å². The summed E-state index contributed by atoms with van der Waals surface area (Å²) in [5.74, 6) is -1.24. The second-order valence-corrected chi connectivity index (χ2v) is 10.2. The highest BCUT2D eigenvalue weighted by Crippen LogP contribution is 2.52. The van der Waals surface area contributed by atoms with Crippen LogP contribution in [0.2, 0.25) is 0 Å². The molecule has 3 heterocycles. The van der Waals surface area contributed by atoms with Crippen molar-refractivity contribution in [3.05, 3.63) is 106 Å². The Bertz CT molecular complexity index is 1690. The van der Waals surface area contributed by atoms with Gasteiger partial charge in [0.05, 0.1) is 18.3 Å². The second-order valence-electron chi connectivity index (χ2n) is 10.2. The second kappa shape index (κ2) is 8.98. The number of rotatable bonds is 3. The molecule has 3 atom stereocenters. The SMILES string of the molecule is COC(=O)C1C(=O)C2=C(CC1c1ccc3c(c1)OCO3)Nc1c(ccc3ncccc13)C2c1ccc(C)cc1. The summed E-state index contributed by atoms with van der Waals surface area (Å²) in [6.07, 6.45) is 2.24. The highest BCUT2D eigenvalue weighted by atomic mass is 16.7. The number of aryl methyl sites for hydroxylation is 1. The third kappa shape index (κ3) is 3.68. The molecule has 3 unspecified atom stereocenters. The van der Waals surface area contributed by atoms with Crippen LogP contribution in [0, 0.1) is 12.8 Å². The molecule has 194 valence electrons. The third-order valence-electron chi connectivity index (χ3n) is 8.08. The summed E-state index contributed by atoms with van der Waals surface area (Å²) in [5, 5.41) is 4.61. The Balaban J connectivity index is 1.43. The van der Waals surface area contributed by atoms with Gasteiger partial charge >= 0.3 is 5.97 Å². The lowest BCUT2D eigenvalue weighted by atomic mass is 9.67. The van der Waals surface area contributed by atoms with Gasteiger partial charge in [-0.05, 0) is 60.4 Å². The number of fused-ring (bicyclic) bond motifs is 4. The van der Waals surface area contributed by atoms with Gasteiger partial charge in [-0.25, -0.2) is 0 Å². The summed E-state index contributed by atoms with van der Waals surface area (Å²) in [4.78, 5) is 32.2. The first-order valence-electron chi connectivity index (χ1n) is 13.0. The van der Waals surface area contributed by atoms with Crippen LogP contribution in [0.4, 0.5) is 5.69 Å². The molecular formula is C32H26N2O5. The Kier molecular flexibility index (Phi) is 5.40. The van der Waals surface area contributed by atoms with E-state index in [-0.39, 0.29) is 18.5 Å². The Morgan fingerprint density at radius 2 is 1.79 bits per heavy atom. The first kappa shape index (κ1) is 23.5. The average molecular weight is 519 g/mol. The molecule has 0 bridgehead atoms. The molecule has 0 saturated heterocycles. The van der Waals surface area contributed by atoms with Gasteiger partial charge in [0, 0.05) is 34.7 Å². The number of methoxy groups -OCH3 is 1. The predicted octanol–water partition coefficient (Wildman–Crippen LogP) is 5.63. The van der Waals surface area contributed by atoms with Crippen LogP contribution in [0.15, 0.2) is 84.2 Å². The minimum atomic E-state index is -0.979. The molecule has 0 spiro atoms. The van der Waals surface area contributed by atoms with Crippen LogP contribution in [0.1, 0.15) is 40.5 Å². The third-order valence-corrected chi connectivity index (χ3v) is 8.08. The Morgan fingerprint density at radius 1 is 1.00 bits per heavy atom. The molecule has 39 heavy (non-hydrogen) atoms. The molecule has 7 heteroatoms. The minimum absolute atomic E-state index is 0.149. The fourth-order valence-corrected chi connectivity index (χ4v) is 6.19. The van der Waals surface area contributed by atoms with Crippen LogP contribution in [-0.4, -0.2) is 30.6 Å². The average Bonchev–Trinajstić information content (AvgIpc) is 3.44. The summed E-state index contributed by atoms with van der Waals surface area (Å²) in [6, 6.07) is 21.8. The van der Waals surface area contributed by atoms with Gasteiger partial charge in [0.1, 0.15) is 5.92 Å². The van der Waals surface area contributed by atoms with E-state index in [0.717, 1.165) is 44.5 Å². The van der Waals surface area contributed by atoms with Crippen molar-refractivity contribution in [1.82, 2.24) is 4.98 Å². The molecule has 7 rings (SSSR count). The molecule has 3 aromatic carbocycles. The maximum atomic E-state index is 14.4. The first-order valence-corrected chi connectivity index (χ1v) is 13.0. The zero-order chi connectivity index (χ0) is 26.7. The molecule has 4 aromatic rings. The van der Waals surface area contributed by atoms with Crippen molar-refractivity contribution in [3.8, 4) is 11.5 Å². The Labute approximate surface area is 225 Å². The number of nitrogens with one attached hydrogen (secondary N) is 1. The van der Waals surface area contributed by atoms with Gasteiger partial charge in [0.2, 0.25) is 6.79 Å². The molecule has 1 aromatic heterocycles. The van der Waals surface area contributed by atoms with Gasteiger partial charge in [0.25, 0.3) is 0 Å². The van der Waals surface area contributed by atoms with Gasteiger partial charge in [-0.2, -0.15) is 0 Å². The van der Waals surface area contributed by atoms with Crippen LogP contribution in [-0.2, 0) is 14.3 Å². The molecule has 0 saturated carbocycles. The van der Waals surface area contributed by atoms with Crippen LogP contribution in [0.3, 0.4) is 0 Å². The van der Waals surface area contributed by atoms with E-state index in [1.807, 2.05) is 49.4 Å². The fraction of sp³-hybridized carbons (Fsp3) is 0.219. The number of benzene rings is 3. The number of allylic oxidation sites excluding steroid dienone is 2. The zero-order valence-corrected chi connectivity index (χ0v) is 21.6. The lowest BCUT2D eigenvalue weighted by Crippen LogP contribution is -2.40. The van der Waals surface area contributed by atoms with E-state index in [1.54, 1.807) is 6.20 Å². The number of nitrogens with zero attached hydrogens (tertiary/aromatic N) is 1. The van der Waals surface area contributed by atoms with E-state index in [2.05, 4.69) is 34.6 Å². The molecule has 7 nitrogen and oxygen atoms in total. The number of carbonyl (C=O) groups excluding carboxylic acids is 2. The number of Topliss-reactive ketones (excluding diaryl/α,β-unsaturated/α-hetero) is 1. The van der Waals surface area contributed by atoms with Crippen molar-refractivity contribution in [2.45, 2.75) is 25.2 Å². The number of ketones is 1. The van der Waals surface area contributed by atoms with Gasteiger partial charge in [0.15, 0.2) is 17.3 Å². The fourth-order valence-electron chi connectivity index (χ4n) is 6.19. The van der Waals surface area contributed by atoms with E-state index in [9.17, 15) is 9.59 Å². The number of esters is 1. The summed E-state index contributed by atoms with van der Waals surface area (Å²) in [5.41, 5.74) is 7.19. The van der Waals surface area contributed by atoms with Crippen molar-refractivity contribution in [2.75, 3.05) is 19.2 Å². The smallest absolute Gasteiger partial charge is 0.317 e. The van der Waals surface area contributed by atoms with Crippen LogP contribution < -0.4 is 14.8 Å². The van der Waals surface area contributed by atoms with E-state index in [1.165, 1.54) is 7.11 Å². The number of aromatic nitrogens is 1. The summed E-state index contributed by atoms with van der Waals surface area (Å²) in [6.45, 7) is 2.19. The van der Waals surface area contributed by atoms with Gasteiger partial charge < -0.3 is 19.5 Å². The number of hydrogen-bond acceptors (Lipinski definition) is 7. The summed E-state index contributed by atoms with van der Waals surface area (Å²) < 4.78 is 16.3. The van der Waals surface area contributed by atoms with Gasteiger partial charge in [-0.3, -0.25) is 14.6 Å². The predicted molar refractivity (Wildman–Crippen MR) is 146 cm³/mol. The van der Waals surface area contributed by atoms with Crippen molar-refractivity contribution >= 4 is 28.3 Å². The quantitative estimate of drug-likeness (QED) is 0.278. The highest BCUT2D eigenvalue weighted by molar-refractivity contribution is 6.13. The lowest BCUT2D eigenvalue weighted by Gasteiger charge is -2.39. The zero-order valence-electron chi connectivity index (χ0n) is 21.6. The van der Waals surface area contributed by atoms with E-state index in [4.69, 9.17) is 14.2 Å².